The molecule has 0 aliphatic carbocycles. The molecule has 1 saturated heterocycles. The third kappa shape index (κ3) is 3.79. The summed E-state index contributed by atoms with van der Waals surface area (Å²) < 4.78 is 2.89. The molecule has 6 heteroatoms. The predicted octanol–water partition coefficient (Wildman–Crippen LogP) is 3.43. The van der Waals surface area contributed by atoms with Crippen LogP contribution in [0.15, 0.2) is 47.1 Å². The summed E-state index contributed by atoms with van der Waals surface area (Å²) in [7, 11) is 0. The van der Waals surface area contributed by atoms with Crippen molar-refractivity contribution >= 4 is 27.7 Å². The number of carbonyl (C=O) groups is 2. The van der Waals surface area contributed by atoms with E-state index in [1.54, 1.807) is 0 Å². The molecule has 1 aliphatic rings. The molecule has 1 aromatic heterocycles. The zero-order chi connectivity index (χ0) is 18.0. The lowest BCUT2D eigenvalue weighted by Gasteiger charge is -2.35. The van der Waals surface area contributed by atoms with Crippen molar-refractivity contribution < 1.29 is 9.59 Å². The summed E-state index contributed by atoms with van der Waals surface area (Å²) in [5, 5.41) is 0. The van der Waals surface area contributed by atoms with E-state index in [9.17, 15) is 9.59 Å². The number of carbonyl (C=O) groups excluding carboxylic acids is 2. The summed E-state index contributed by atoms with van der Waals surface area (Å²) in [5.41, 5.74) is 1.38. The molecule has 3 rings (SSSR count). The number of halogens is 1. The Hall–Kier alpha value is -2.08. The molecular formula is C19H22BrN3O2. The number of nitrogens with zero attached hydrogens (tertiary/aromatic N) is 3. The highest BCUT2D eigenvalue weighted by Crippen LogP contribution is 2.21. The van der Waals surface area contributed by atoms with Crippen LogP contribution in [0.25, 0.3) is 0 Å². The Morgan fingerprint density at radius 2 is 1.52 bits per heavy atom. The van der Waals surface area contributed by atoms with E-state index < -0.39 is 0 Å². The summed E-state index contributed by atoms with van der Waals surface area (Å²) in [5.74, 6) is 0.0483. The largest absolute Gasteiger partial charge is 0.340 e. The minimum Gasteiger partial charge on any atom is -0.340 e. The molecule has 1 aliphatic heterocycles. The first-order chi connectivity index (χ1) is 12.0. The molecule has 0 unspecified atom stereocenters. The quantitative estimate of drug-likeness (QED) is 0.787. The first kappa shape index (κ1) is 17.7. The van der Waals surface area contributed by atoms with Crippen LogP contribution < -0.4 is 0 Å². The second kappa shape index (κ2) is 7.44. The van der Waals surface area contributed by atoms with Gasteiger partial charge in [0.05, 0.1) is 0 Å². The van der Waals surface area contributed by atoms with E-state index in [1.165, 1.54) is 0 Å². The number of aromatic nitrogens is 1. The van der Waals surface area contributed by atoms with Gasteiger partial charge in [-0.05, 0) is 48.0 Å². The number of hydrogen-bond acceptors (Lipinski definition) is 2. The second-order valence-corrected chi connectivity index (χ2v) is 7.41. The highest BCUT2D eigenvalue weighted by molar-refractivity contribution is 9.10. The third-order valence-electron chi connectivity index (χ3n) is 4.47. The molecule has 1 aromatic carbocycles. The van der Waals surface area contributed by atoms with Crippen LogP contribution in [0.1, 0.15) is 40.7 Å². The van der Waals surface area contributed by atoms with Crippen LogP contribution in [0.5, 0.6) is 0 Å². The first-order valence-corrected chi connectivity index (χ1v) is 9.27. The van der Waals surface area contributed by atoms with Crippen LogP contribution in [0, 0.1) is 0 Å². The van der Waals surface area contributed by atoms with E-state index in [4.69, 9.17) is 0 Å². The minimum atomic E-state index is 0.0196. The number of piperazine rings is 1. The Morgan fingerprint density at radius 1 is 0.960 bits per heavy atom. The van der Waals surface area contributed by atoms with Gasteiger partial charge in [-0.25, -0.2) is 0 Å². The molecule has 2 amide bonds. The van der Waals surface area contributed by atoms with Gasteiger partial charge in [0.15, 0.2) is 0 Å². The number of hydrogen-bond donors (Lipinski definition) is 0. The summed E-state index contributed by atoms with van der Waals surface area (Å²) >= 11 is 3.45. The maximum atomic E-state index is 12.9. The number of benzene rings is 1. The van der Waals surface area contributed by atoms with Gasteiger partial charge in [0.2, 0.25) is 0 Å². The fraction of sp³-hybridized carbons (Fsp3) is 0.368. The lowest BCUT2D eigenvalue weighted by atomic mass is 10.2. The Kier molecular flexibility index (Phi) is 5.27. The summed E-state index contributed by atoms with van der Waals surface area (Å²) in [6.45, 7) is 6.34. The van der Waals surface area contributed by atoms with Crippen molar-refractivity contribution in [1.29, 1.82) is 0 Å². The smallest absolute Gasteiger partial charge is 0.270 e. The van der Waals surface area contributed by atoms with Gasteiger partial charge in [-0.1, -0.05) is 18.2 Å². The molecule has 132 valence electrons. The van der Waals surface area contributed by atoms with Crippen molar-refractivity contribution in [3.05, 3.63) is 58.3 Å². The van der Waals surface area contributed by atoms with Gasteiger partial charge in [0.1, 0.15) is 5.69 Å². The van der Waals surface area contributed by atoms with E-state index in [2.05, 4.69) is 29.8 Å². The average molecular weight is 404 g/mol. The molecule has 2 aromatic rings. The number of amides is 2. The summed E-state index contributed by atoms with van der Waals surface area (Å²) in [4.78, 5) is 29.0. The normalized spacial score (nSPS) is 14.9. The van der Waals surface area contributed by atoms with Crippen LogP contribution in [0.4, 0.5) is 0 Å². The molecular weight excluding hydrogens is 382 g/mol. The van der Waals surface area contributed by atoms with Crippen molar-refractivity contribution in [2.24, 2.45) is 0 Å². The molecule has 0 atom stereocenters. The Morgan fingerprint density at radius 3 is 2.08 bits per heavy atom. The topological polar surface area (TPSA) is 45.6 Å². The Bertz CT molecular complexity index is 762. The van der Waals surface area contributed by atoms with Gasteiger partial charge in [0, 0.05) is 48.5 Å². The lowest BCUT2D eigenvalue weighted by Crippen LogP contribution is -2.50. The van der Waals surface area contributed by atoms with Crippen LogP contribution in [-0.4, -0.2) is 52.4 Å². The average Bonchev–Trinajstić information content (AvgIpc) is 3.03. The van der Waals surface area contributed by atoms with Gasteiger partial charge >= 0.3 is 0 Å². The fourth-order valence-corrected chi connectivity index (χ4v) is 3.52. The molecule has 0 radical (unpaired) electrons. The van der Waals surface area contributed by atoms with Crippen molar-refractivity contribution in [1.82, 2.24) is 14.4 Å². The van der Waals surface area contributed by atoms with Crippen LogP contribution in [0.3, 0.4) is 0 Å². The van der Waals surface area contributed by atoms with Gasteiger partial charge in [-0.2, -0.15) is 0 Å². The third-order valence-corrected chi connectivity index (χ3v) is 4.90. The Balaban J connectivity index is 1.66. The highest BCUT2D eigenvalue weighted by Gasteiger charge is 2.27. The minimum absolute atomic E-state index is 0.0196. The van der Waals surface area contributed by atoms with Gasteiger partial charge in [-0.3, -0.25) is 9.59 Å². The Labute approximate surface area is 156 Å². The summed E-state index contributed by atoms with van der Waals surface area (Å²) in [6, 6.07) is 11.4. The van der Waals surface area contributed by atoms with Gasteiger partial charge in [-0.15, -0.1) is 0 Å². The van der Waals surface area contributed by atoms with E-state index in [0.717, 1.165) is 4.47 Å². The molecule has 2 heterocycles. The van der Waals surface area contributed by atoms with E-state index >= 15 is 0 Å². The fourth-order valence-electron chi connectivity index (χ4n) is 3.08. The lowest BCUT2D eigenvalue weighted by molar-refractivity contribution is 0.0529. The van der Waals surface area contributed by atoms with E-state index in [0.29, 0.717) is 37.4 Å². The van der Waals surface area contributed by atoms with Crippen molar-refractivity contribution in [2.75, 3.05) is 26.2 Å². The molecule has 0 bridgehead atoms. The van der Waals surface area contributed by atoms with Crippen LogP contribution in [0.2, 0.25) is 0 Å². The van der Waals surface area contributed by atoms with Crippen molar-refractivity contribution in [3.8, 4) is 0 Å². The standard InChI is InChI=1S/C19H22BrN3O2/c1-14(2)23-13-16(20)12-17(23)19(25)22-10-8-21(9-11-22)18(24)15-6-4-3-5-7-15/h3-7,12-14H,8-11H2,1-2H3. The van der Waals surface area contributed by atoms with Gasteiger partial charge in [0.25, 0.3) is 11.8 Å². The van der Waals surface area contributed by atoms with Crippen molar-refractivity contribution in [3.63, 3.8) is 0 Å². The summed E-state index contributed by atoms with van der Waals surface area (Å²) in [6.07, 6.45) is 1.94. The van der Waals surface area contributed by atoms with Gasteiger partial charge < -0.3 is 14.4 Å². The molecule has 1 fully saturated rings. The highest BCUT2D eigenvalue weighted by atomic mass is 79.9. The molecule has 0 spiro atoms. The second-order valence-electron chi connectivity index (χ2n) is 6.50. The first-order valence-electron chi connectivity index (χ1n) is 8.48. The molecule has 0 saturated carbocycles. The van der Waals surface area contributed by atoms with Crippen LogP contribution in [-0.2, 0) is 0 Å². The monoisotopic (exact) mass is 403 g/mol. The molecule has 25 heavy (non-hydrogen) atoms. The van der Waals surface area contributed by atoms with E-state index in [-0.39, 0.29) is 17.9 Å². The zero-order valence-corrected chi connectivity index (χ0v) is 16.1. The van der Waals surface area contributed by atoms with Crippen molar-refractivity contribution in [2.45, 2.75) is 19.9 Å². The maximum absolute atomic E-state index is 12.9. The zero-order valence-electron chi connectivity index (χ0n) is 14.5. The molecule has 5 nitrogen and oxygen atoms in total. The van der Waals surface area contributed by atoms with Crippen LogP contribution >= 0.6 is 15.9 Å². The number of rotatable bonds is 3. The maximum Gasteiger partial charge on any atom is 0.270 e. The SMILES string of the molecule is CC(C)n1cc(Br)cc1C(=O)N1CCN(C(=O)c2ccccc2)CC1. The molecule has 0 N–H and O–H groups in total. The predicted molar refractivity (Wildman–Crippen MR) is 101 cm³/mol. The van der Waals surface area contributed by atoms with E-state index in [1.807, 2.05) is 57.0 Å².